The van der Waals surface area contributed by atoms with Gasteiger partial charge in [0.25, 0.3) is 0 Å². The maximum atomic E-state index is 4.13. The highest BCUT2D eigenvalue weighted by molar-refractivity contribution is 6.24. The molecule has 0 saturated heterocycles. The first-order chi connectivity index (χ1) is 16.2. The largest absolute Gasteiger partial charge is 0.307 e. The smallest absolute Gasteiger partial charge is 0.0789 e. The van der Waals surface area contributed by atoms with Gasteiger partial charge in [-0.1, -0.05) is 79.9 Å². The minimum absolute atomic E-state index is 1.01. The molecule has 2 heterocycles. The Labute approximate surface area is 193 Å². The average molecular weight is 425 g/mol. The third-order valence-corrected chi connectivity index (χ3v) is 6.56. The van der Waals surface area contributed by atoms with E-state index in [0.29, 0.717) is 0 Å². The van der Waals surface area contributed by atoms with Crippen LogP contribution in [0.25, 0.3) is 55.0 Å². The Morgan fingerprint density at radius 1 is 0.697 bits per heavy atom. The first kappa shape index (κ1) is 19.4. The zero-order valence-electron chi connectivity index (χ0n) is 18.6. The number of fused-ring (bicyclic) bond motifs is 7. The second-order valence-corrected chi connectivity index (χ2v) is 8.38. The summed E-state index contributed by atoms with van der Waals surface area (Å²) in [7, 11) is 0. The van der Waals surface area contributed by atoms with E-state index < -0.39 is 0 Å². The van der Waals surface area contributed by atoms with Gasteiger partial charge in [0.2, 0.25) is 0 Å². The summed E-state index contributed by atoms with van der Waals surface area (Å²) in [4.78, 5) is 0. The van der Waals surface area contributed by atoms with Crippen LogP contribution in [-0.4, -0.2) is 9.13 Å². The standard InChI is InChI=1S/C31H24N2/c1-4-12-22(5-2)32-28-18-11-13-21(3)29(28)26-20-19-25-24-16-9-10-17-27(24)33(30(25)31(26)32)23-14-7-6-8-15-23/h4-20H,1-2H2,3H3/b22-12+. The van der Waals surface area contributed by atoms with E-state index in [0.717, 1.165) is 11.4 Å². The van der Waals surface area contributed by atoms with Gasteiger partial charge in [0, 0.05) is 32.9 Å². The van der Waals surface area contributed by atoms with Crippen molar-refractivity contribution in [1.82, 2.24) is 9.13 Å². The number of para-hydroxylation sites is 2. The summed E-state index contributed by atoms with van der Waals surface area (Å²) in [6.07, 6.45) is 5.77. The molecule has 0 aliphatic heterocycles. The molecule has 2 nitrogen and oxygen atoms in total. The van der Waals surface area contributed by atoms with Crippen molar-refractivity contribution in [2.24, 2.45) is 0 Å². The Balaban J connectivity index is 1.97. The van der Waals surface area contributed by atoms with Crippen molar-refractivity contribution in [2.45, 2.75) is 6.92 Å². The lowest BCUT2D eigenvalue weighted by Gasteiger charge is -2.12. The highest BCUT2D eigenvalue weighted by Crippen LogP contribution is 2.42. The number of hydrogen-bond acceptors (Lipinski definition) is 0. The summed E-state index contributed by atoms with van der Waals surface area (Å²) in [6.45, 7) is 10.3. The van der Waals surface area contributed by atoms with Gasteiger partial charge in [-0.25, -0.2) is 0 Å². The molecular formula is C31H24N2. The van der Waals surface area contributed by atoms with Crippen molar-refractivity contribution in [3.05, 3.63) is 122 Å². The van der Waals surface area contributed by atoms with Crippen LogP contribution in [0.1, 0.15) is 5.56 Å². The van der Waals surface area contributed by atoms with Crippen molar-refractivity contribution in [3.8, 4) is 5.69 Å². The van der Waals surface area contributed by atoms with Gasteiger partial charge >= 0.3 is 0 Å². The predicted molar refractivity (Wildman–Crippen MR) is 143 cm³/mol. The normalized spacial score (nSPS) is 12.2. The van der Waals surface area contributed by atoms with Gasteiger partial charge < -0.3 is 9.13 Å². The molecular weight excluding hydrogens is 400 g/mol. The first-order valence-corrected chi connectivity index (χ1v) is 11.2. The number of allylic oxidation sites excluding steroid dienone is 4. The van der Waals surface area contributed by atoms with E-state index in [2.05, 4.69) is 114 Å². The van der Waals surface area contributed by atoms with Crippen molar-refractivity contribution in [1.29, 1.82) is 0 Å². The molecule has 6 aromatic rings. The molecule has 4 aromatic carbocycles. The number of nitrogens with zero attached hydrogens (tertiary/aromatic N) is 2. The van der Waals surface area contributed by atoms with Gasteiger partial charge in [0.15, 0.2) is 0 Å². The van der Waals surface area contributed by atoms with Crippen LogP contribution in [0.3, 0.4) is 0 Å². The van der Waals surface area contributed by atoms with E-state index in [1.807, 2.05) is 18.2 Å². The summed E-state index contributed by atoms with van der Waals surface area (Å²) in [5.74, 6) is 0. The van der Waals surface area contributed by atoms with E-state index in [9.17, 15) is 0 Å². The Morgan fingerprint density at radius 3 is 2.21 bits per heavy atom. The van der Waals surface area contributed by atoms with Crippen molar-refractivity contribution in [2.75, 3.05) is 0 Å². The molecule has 0 atom stereocenters. The summed E-state index contributed by atoms with van der Waals surface area (Å²) < 4.78 is 4.74. The molecule has 0 N–H and O–H groups in total. The molecule has 0 radical (unpaired) electrons. The van der Waals surface area contributed by atoms with Gasteiger partial charge in [0.05, 0.1) is 22.1 Å². The second-order valence-electron chi connectivity index (χ2n) is 8.38. The number of hydrogen-bond donors (Lipinski definition) is 0. The van der Waals surface area contributed by atoms with Crippen LogP contribution >= 0.6 is 0 Å². The summed E-state index contributed by atoms with van der Waals surface area (Å²) >= 11 is 0. The molecule has 0 aliphatic carbocycles. The molecule has 158 valence electrons. The predicted octanol–water partition coefficient (Wildman–Crippen LogP) is 8.41. The lowest BCUT2D eigenvalue weighted by molar-refractivity contribution is 1.17. The second kappa shape index (κ2) is 7.39. The lowest BCUT2D eigenvalue weighted by atomic mass is 10.1. The van der Waals surface area contributed by atoms with Gasteiger partial charge in [-0.05, 0) is 48.9 Å². The molecule has 0 amide bonds. The zero-order chi connectivity index (χ0) is 22.5. The SMILES string of the molecule is C=C/C=C(\C=C)n1c2cccc(C)c2c2ccc3c4ccccc4n(-c4ccccc4)c3c21. The summed E-state index contributed by atoms with van der Waals surface area (Å²) in [6, 6.07) is 30.4. The monoisotopic (exact) mass is 424 g/mol. The third-order valence-electron chi connectivity index (χ3n) is 6.56. The van der Waals surface area contributed by atoms with Crippen LogP contribution in [0.15, 0.2) is 116 Å². The molecule has 33 heavy (non-hydrogen) atoms. The Morgan fingerprint density at radius 2 is 1.42 bits per heavy atom. The fourth-order valence-corrected chi connectivity index (χ4v) is 5.25. The average Bonchev–Trinajstić information content (AvgIpc) is 3.37. The molecule has 0 aliphatic rings. The fraction of sp³-hybridized carbons (Fsp3) is 0.0323. The molecule has 0 spiro atoms. The fourth-order valence-electron chi connectivity index (χ4n) is 5.25. The van der Waals surface area contributed by atoms with Gasteiger partial charge in [-0.15, -0.1) is 0 Å². The lowest BCUT2D eigenvalue weighted by Crippen LogP contribution is -1.98. The van der Waals surface area contributed by atoms with E-state index in [1.165, 1.54) is 49.2 Å². The van der Waals surface area contributed by atoms with Crippen LogP contribution in [0, 0.1) is 6.92 Å². The van der Waals surface area contributed by atoms with Crippen LogP contribution < -0.4 is 0 Å². The zero-order valence-corrected chi connectivity index (χ0v) is 18.6. The van der Waals surface area contributed by atoms with E-state index >= 15 is 0 Å². The molecule has 0 fully saturated rings. The van der Waals surface area contributed by atoms with Crippen LogP contribution in [0.5, 0.6) is 0 Å². The van der Waals surface area contributed by atoms with Crippen LogP contribution in [0.2, 0.25) is 0 Å². The van der Waals surface area contributed by atoms with Crippen LogP contribution in [0.4, 0.5) is 0 Å². The maximum absolute atomic E-state index is 4.13. The van der Waals surface area contributed by atoms with Crippen molar-refractivity contribution >= 4 is 49.3 Å². The molecule has 2 aromatic heterocycles. The summed E-state index contributed by atoms with van der Waals surface area (Å²) in [5.41, 5.74) is 8.19. The van der Waals surface area contributed by atoms with Gasteiger partial charge in [-0.3, -0.25) is 0 Å². The Hall–Kier alpha value is -4.30. The summed E-state index contributed by atoms with van der Waals surface area (Å²) in [5, 5.41) is 5.01. The number of aromatic nitrogens is 2. The van der Waals surface area contributed by atoms with E-state index in [4.69, 9.17) is 0 Å². The van der Waals surface area contributed by atoms with Crippen LogP contribution in [-0.2, 0) is 0 Å². The molecule has 6 rings (SSSR count). The van der Waals surface area contributed by atoms with E-state index in [-0.39, 0.29) is 0 Å². The number of benzene rings is 4. The molecule has 0 bridgehead atoms. The number of aryl methyl sites for hydroxylation is 1. The molecule has 0 saturated carbocycles. The highest BCUT2D eigenvalue weighted by Gasteiger charge is 2.21. The van der Waals surface area contributed by atoms with Crippen molar-refractivity contribution < 1.29 is 0 Å². The molecule has 0 unspecified atom stereocenters. The minimum Gasteiger partial charge on any atom is -0.307 e. The van der Waals surface area contributed by atoms with Crippen molar-refractivity contribution in [3.63, 3.8) is 0 Å². The Bertz CT molecular complexity index is 1740. The van der Waals surface area contributed by atoms with Gasteiger partial charge in [0.1, 0.15) is 0 Å². The first-order valence-electron chi connectivity index (χ1n) is 11.2. The van der Waals surface area contributed by atoms with Gasteiger partial charge in [-0.2, -0.15) is 0 Å². The highest BCUT2D eigenvalue weighted by atomic mass is 15.0. The topological polar surface area (TPSA) is 9.86 Å². The molecule has 2 heteroatoms. The minimum atomic E-state index is 1.01. The third kappa shape index (κ3) is 2.68. The number of rotatable bonds is 4. The van der Waals surface area contributed by atoms with E-state index in [1.54, 1.807) is 0 Å². The quantitative estimate of drug-likeness (QED) is 0.251. The maximum Gasteiger partial charge on any atom is 0.0789 e. The Kier molecular flexibility index (Phi) is 4.34.